The van der Waals surface area contributed by atoms with Crippen LogP contribution in [0.15, 0.2) is 42.5 Å². The van der Waals surface area contributed by atoms with E-state index in [4.69, 9.17) is 9.47 Å². The van der Waals surface area contributed by atoms with E-state index in [-0.39, 0.29) is 17.6 Å². The minimum atomic E-state index is -0.619. The van der Waals surface area contributed by atoms with Gasteiger partial charge in [-0.25, -0.2) is 4.39 Å². The van der Waals surface area contributed by atoms with Crippen molar-refractivity contribution >= 4 is 11.8 Å². The Morgan fingerprint density at radius 3 is 2.51 bits per heavy atom. The van der Waals surface area contributed by atoms with Crippen molar-refractivity contribution < 1.29 is 23.5 Å². The Morgan fingerprint density at radius 2 is 1.83 bits per heavy atom. The molecular formula is C27H34FN3O4. The number of ether oxygens (including phenoxy) is 2. The minimum absolute atomic E-state index is 0.0503. The van der Waals surface area contributed by atoms with Gasteiger partial charge in [0.25, 0.3) is 0 Å². The van der Waals surface area contributed by atoms with Gasteiger partial charge < -0.3 is 19.7 Å². The molecule has 0 radical (unpaired) electrons. The summed E-state index contributed by atoms with van der Waals surface area (Å²) in [6.07, 6.45) is 2.11. The maximum absolute atomic E-state index is 14.5. The first kappa shape index (κ1) is 25.0. The summed E-state index contributed by atoms with van der Waals surface area (Å²) in [5, 5.41) is 3.05. The highest BCUT2D eigenvalue weighted by atomic mass is 19.1. The maximum Gasteiger partial charge on any atom is 0.222 e. The summed E-state index contributed by atoms with van der Waals surface area (Å²) in [5.74, 6) is 1.15. The lowest BCUT2D eigenvalue weighted by Crippen LogP contribution is -2.49. The number of amides is 2. The molecule has 0 saturated carbocycles. The van der Waals surface area contributed by atoms with Gasteiger partial charge in [0, 0.05) is 56.7 Å². The van der Waals surface area contributed by atoms with Crippen LogP contribution in [-0.4, -0.2) is 67.6 Å². The highest BCUT2D eigenvalue weighted by Gasteiger charge is 2.39. The van der Waals surface area contributed by atoms with Crippen LogP contribution in [0.3, 0.4) is 0 Å². The highest BCUT2D eigenvalue weighted by Crippen LogP contribution is 2.32. The van der Waals surface area contributed by atoms with E-state index >= 15 is 0 Å². The van der Waals surface area contributed by atoms with Crippen LogP contribution in [0.4, 0.5) is 4.39 Å². The largest absolute Gasteiger partial charge is 0.497 e. The van der Waals surface area contributed by atoms with Crippen molar-refractivity contribution in [3.8, 4) is 11.5 Å². The first-order valence-corrected chi connectivity index (χ1v) is 12.2. The van der Waals surface area contributed by atoms with Gasteiger partial charge in [0.05, 0.1) is 14.2 Å². The van der Waals surface area contributed by atoms with Gasteiger partial charge in [0.1, 0.15) is 17.3 Å². The quantitative estimate of drug-likeness (QED) is 0.593. The molecule has 188 valence electrons. The monoisotopic (exact) mass is 483 g/mol. The lowest BCUT2D eigenvalue weighted by atomic mass is 9.84. The van der Waals surface area contributed by atoms with E-state index in [2.05, 4.69) is 16.3 Å². The number of carbonyl (C=O) groups is 2. The second kappa shape index (κ2) is 11.1. The number of methoxy groups -OCH3 is 2. The molecule has 7 nitrogen and oxygen atoms in total. The topological polar surface area (TPSA) is 71.1 Å². The number of benzene rings is 2. The van der Waals surface area contributed by atoms with Gasteiger partial charge in [-0.05, 0) is 49.1 Å². The molecule has 2 amide bonds. The van der Waals surface area contributed by atoms with E-state index in [0.717, 1.165) is 30.9 Å². The van der Waals surface area contributed by atoms with Gasteiger partial charge >= 0.3 is 0 Å². The molecule has 2 aromatic rings. The summed E-state index contributed by atoms with van der Waals surface area (Å²) in [6, 6.07) is 12.6. The zero-order valence-electron chi connectivity index (χ0n) is 20.5. The van der Waals surface area contributed by atoms with Crippen LogP contribution in [0.1, 0.15) is 36.8 Å². The SMILES string of the molecule is COc1ccc(F)c(C[C@]2(CCC(=O)N3CCN(Cc4ccccc4OC)CC3)CCC(=O)N2)c1. The van der Waals surface area contributed by atoms with Crippen LogP contribution in [0.25, 0.3) is 0 Å². The summed E-state index contributed by atoms with van der Waals surface area (Å²) in [4.78, 5) is 29.4. The van der Waals surface area contributed by atoms with E-state index in [1.54, 1.807) is 26.4 Å². The molecule has 1 atom stereocenters. The second-order valence-electron chi connectivity index (χ2n) is 9.43. The number of nitrogens with one attached hydrogen (secondary N) is 1. The number of hydrogen-bond acceptors (Lipinski definition) is 5. The van der Waals surface area contributed by atoms with Crippen molar-refractivity contribution in [2.45, 2.75) is 44.2 Å². The second-order valence-corrected chi connectivity index (χ2v) is 9.43. The summed E-state index contributed by atoms with van der Waals surface area (Å²) < 4.78 is 25.2. The number of nitrogens with zero attached hydrogens (tertiary/aromatic N) is 2. The molecule has 2 fully saturated rings. The van der Waals surface area contributed by atoms with Gasteiger partial charge in [0.2, 0.25) is 11.8 Å². The van der Waals surface area contributed by atoms with Gasteiger partial charge in [-0.15, -0.1) is 0 Å². The molecule has 0 spiro atoms. The van der Waals surface area contributed by atoms with Crippen LogP contribution >= 0.6 is 0 Å². The Hall–Kier alpha value is -3.13. The molecule has 0 aliphatic carbocycles. The van der Waals surface area contributed by atoms with Crippen LogP contribution in [0, 0.1) is 5.82 Å². The van der Waals surface area contributed by atoms with Gasteiger partial charge in [-0.2, -0.15) is 0 Å². The molecule has 2 saturated heterocycles. The minimum Gasteiger partial charge on any atom is -0.497 e. The van der Waals surface area contributed by atoms with Crippen molar-refractivity contribution in [2.24, 2.45) is 0 Å². The van der Waals surface area contributed by atoms with Crippen molar-refractivity contribution in [1.82, 2.24) is 15.1 Å². The predicted octanol–water partition coefficient (Wildman–Crippen LogP) is 3.16. The molecule has 4 rings (SSSR count). The number of carbonyl (C=O) groups excluding carboxylic acids is 2. The first-order chi connectivity index (χ1) is 16.9. The number of piperazine rings is 1. The Kier molecular flexibility index (Phi) is 7.90. The Labute approximate surface area is 206 Å². The normalized spacial score (nSPS) is 20.5. The third kappa shape index (κ3) is 6.11. The summed E-state index contributed by atoms with van der Waals surface area (Å²) in [6.45, 7) is 3.70. The molecule has 2 aliphatic rings. The van der Waals surface area contributed by atoms with Crippen molar-refractivity contribution in [3.05, 3.63) is 59.4 Å². The van der Waals surface area contributed by atoms with E-state index in [1.165, 1.54) is 6.07 Å². The van der Waals surface area contributed by atoms with Crippen molar-refractivity contribution in [1.29, 1.82) is 0 Å². The van der Waals surface area contributed by atoms with Crippen LogP contribution in [0.5, 0.6) is 11.5 Å². The van der Waals surface area contributed by atoms with Crippen LogP contribution < -0.4 is 14.8 Å². The fourth-order valence-electron chi connectivity index (χ4n) is 5.09. The Balaban J connectivity index is 1.33. The number of para-hydroxylation sites is 1. The fourth-order valence-corrected chi connectivity index (χ4v) is 5.09. The van der Waals surface area contributed by atoms with Crippen molar-refractivity contribution in [3.63, 3.8) is 0 Å². The Bertz CT molecular complexity index is 1050. The van der Waals surface area contributed by atoms with Gasteiger partial charge in [0.15, 0.2) is 0 Å². The molecule has 0 unspecified atom stereocenters. The molecule has 1 N–H and O–H groups in total. The number of halogens is 1. The van der Waals surface area contributed by atoms with Gasteiger partial charge in [-0.3, -0.25) is 14.5 Å². The van der Waals surface area contributed by atoms with Gasteiger partial charge in [-0.1, -0.05) is 18.2 Å². The van der Waals surface area contributed by atoms with E-state index in [9.17, 15) is 14.0 Å². The summed E-state index contributed by atoms with van der Waals surface area (Å²) in [7, 11) is 3.22. The number of rotatable bonds is 9. The Morgan fingerprint density at radius 1 is 1.06 bits per heavy atom. The third-order valence-corrected chi connectivity index (χ3v) is 7.15. The fraction of sp³-hybridized carbons (Fsp3) is 0.481. The lowest BCUT2D eigenvalue weighted by Gasteiger charge is -2.36. The molecule has 2 aliphatic heterocycles. The average molecular weight is 484 g/mol. The highest BCUT2D eigenvalue weighted by molar-refractivity contribution is 5.80. The van der Waals surface area contributed by atoms with Crippen LogP contribution in [-0.2, 0) is 22.6 Å². The predicted molar refractivity (Wildman–Crippen MR) is 131 cm³/mol. The molecule has 8 heteroatoms. The third-order valence-electron chi connectivity index (χ3n) is 7.15. The molecule has 35 heavy (non-hydrogen) atoms. The molecular weight excluding hydrogens is 449 g/mol. The molecule has 0 aromatic heterocycles. The zero-order valence-corrected chi connectivity index (χ0v) is 20.5. The maximum atomic E-state index is 14.5. The average Bonchev–Trinajstić information content (AvgIpc) is 3.25. The van der Waals surface area contributed by atoms with Crippen LogP contribution in [0.2, 0.25) is 0 Å². The smallest absolute Gasteiger partial charge is 0.222 e. The lowest BCUT2D eigenvalue weighted by molar-refractivity contribution is -0.133. The van der Waals surface area contributed by atoms with Crippen molar-refractivity contribution in [2.75, 3.05) is 40.4 Å². The molecule has 2 aromatic carbocycles. The van der Waals surface area contributed by atoms with E-state index in [0.29, 0.717) is 56.5 Å². The molecule has 2 heterocycles. The number of hydrogen-bond donors (Lipinski definition) is 1. The molecule has 0 bridgehead atoms. The standard InChI is InChI=1S/C27H34FN3O4/c1-34-22-7-8-23(28)21(17-22)18-27(11-9-25(32)29-27)12-10-26(33)31-15-13-30(14-16-31)19-20-5-3-4-6-24(20)35-2/h3-8,17H,9-16,18-19H2,1-2H3,(H,29,32)/t27-/m1/s1. The van der Waals surface area contributed by atoms with E-state index < -0.39 is 5.54 Å². The first-order valence-electron chi connectivity index (χ1n) is 12.2. The summed E-state index contributed by atoms with van der Waals surface area (Å²) >= 11 is 0. The summed E-state index contributed by atoms with van der Waals surface area (Å²) in [5.41, 5.74) is 1.01. The zero-order chi connectivity index (χ0) is 24.8. The van der Waals surface area contributed by atoms with E-state index in [1.807, 2.05) is 23.1 Å².